The van der Waals surface area contributed by atoms with Crippen LogP contribution in [0.3, 0.4) is 0 Å². The van der Waals surface area contributed by atoms with Gasteiger partial charge in [-0.05, 0) is 32.6 Å². The molecule has 0 saturated heterocycles. The van der Waals surface area contributed by atoms with Crippen LogP contribution in [0.1, 0.15) is 39.0 Å². The van der Waals surface area contributed by atoms with Crippen molar-refractivity contribution in [1.82, 2.24) is 10.6 Å². The highest BCUT2D eigenvalue weighted by atomic mass is 16.4. The van der Waals surface area contributed by atoms with E-state index in [0.29, 0.717) is 37.9 Å². The van der Waals surface area contributed by atoms with Crippen LogP contribution < -0.4 is 22.1 Å². The van der Waals surface area contributed by atoms with E-state index in [9.17, 15) is 14.4 Å². The van der Waals surface area contributed by atoms with Crippen molar-refractivity contribution in [2.75, 3.05) is 13.1 Å². The fourth-order valence-corrected chi connectivity index (χ4v) is 1.67. The monoisotopic (exact) mass is 315 g/mol. The van der Waals surface area contributed by atoms with Gasteiger partial charge in [0.05, 0.1) is 12.3 Å². The lowest BCUT2D eigenvalue weighted by Crippen LogP contribution is -2.46. The lowest BCUT2D eigenvalue weighted by molar-refractivity contribution is -0.126. The number of amides is 3. The second-order valence-corrected chi connectivity index (χ2v) is 4.91. The van der Waals surface area contributed by atoms with Crippen LogP contribution in [0, 0.1) is 0 Å². The maximum absolute atomic E-state index is 11.5. The molecule has 7 N–H and O–H groups in total. The van der Waals surface area contributed by atoms with E-state index in [2.05, 4.69) is 15.8 Å². The van der Waals surface area contributed by atoms with Crippen LogP contribution >= 0.6 is 0 Å². The van der Waals surface area contributed by atoms with E-state index < -0.39 is 17.9 Å². The van der Waals surface area contributed by atoms with E-state index in [0.717, 1.165) is 0 Å². The van der Waals surface area contributed by atoms with Gasteiger partial charge in [0.15, 0.2) is 0 Å². The minimum Gasteiger partial charge on any atom is -0.411 e. The number of hydrogen-bond donors (Lipinski definition) is 5. The standard InChI is InChI=1S/C13H25N5O4/c1-9(18-22)5-6-11(19)16-7-3-2-4-10(13(15)21)17-12(20)8-14/h10,22H,2-8,14H2,1H3,(H2,15,21)(H,16,19)(H,17,20)/b18-9-. The number of carbonyl (C=O) groups is 3. The second-order valence-electron chi connectivity index (χ2n) is 4.91. The number of unbranched alkanes of at least 4 members (excludes halogenated alkanes) is 1. The molecule has 0 aromatic rings. The van der Waals surface area contributed by atoms with Crippen LogP contribution in [0.15, 0.2) is 5.16 Å². The SMILES string of the molecule is C/C(CCC(=O)NCCCCC(NC(=O)CN)C(N)=O)=N/O. The van der Waals surface area contributed by atoms with E-state index in [1.807, 2.05) is 0 Å². The molecule has 0 bridgehead atoms. The number of oxime groups is 1. The van der Waals surface area contributed by atoms with Gasteiger partial charge in [-0.1, -0.05) is 5.16 Å². The molecule has 0 aliphatic rings. The molecule has 9 nitrogen and oxygen atoms in total. The zero-order chi connectivity index (χ0) is 17.0. The van der Waals surface area contributed by atoms with E-state index >= 15 is 0 Å². The largest absolute Gasteiger partial charge is 0.411 e. The molecule has 0 heterocycles. The molecule has 1 atom stereocenters. The second kappa shape index (κ2) is 11.5. The minimum atomic E-state index is -0.741. The summed E-state index contributed by atoms with van der Waals surface area (Å²) in [6.45, 7) is 1.90. The molecule has 9 heteroatoms. The molecule has 0 aromatic heterocycles. The first-order chi connectivity index (χ1) is 10.4. The van der Waals surface area contributed by atoms with Gasteiger partial charge in [-0.25, -0.2) is 0 Å². The first kappa shape index (κ1) is 19.8. The summed E-state index contributed by atoms with van der Waals surface area (Å²) >= 11 is 0. The molecular weight excluding hydrogens is 290 g/mol. The summed E-state index contributed by atoms with van der Waals surface area (Å²) in [7, 11) is 0. The zero-order valence-electron chi connectivity index (χ0n) is 12.8. The molecule has 0 spiro atoms. The average Bonchev–Trinajstić information content (AvgIpc) is 2.50. The van der Waals surface area contributed by atoms with E-state index in [4.69, 9.17) is 16.7 Å². The molecule has 0 rings (SSSR count). The molecule has 1 unspecified atom stereocenters. The Balaban J connectivity index is 3.83. The highest BCUT2D eigenvalue weighted by Gasteiger charge is 2.16. The topological polar surface area (TPSA) is 160 Å². The smallest absolute Gasteiger partial charge is 0.240 e. The molecule has 0 aliphatic carbocycles. The Bertz CT molecular complexity index is 411. The quantitative estimate of drug-likeness (QED) is 0.140. The third-order valence-corrected chi connectivity index (χ3v) is 2.99. The molecule has 0 saturated carbocycles. The predicted octanol–water partition coefficient (Wildman–Crippen LogP) is -1.17. The molecule has 0 radical (unpaired) electrons. The van der Waals surface area contributed by atoms with E-state index in [-0.39, 0.29) is 18.9 Å². The van der Waals surface area contributed by atoms with Gasteiger partial charge in [0.25, 0.3) is 0 Å². The van der Waals surface area contributed by atoms with Crippen LogP contribution in [-0.4, -0.2) is 47.8 Å². The molecular formula is C13H25N5O4. The Labute approximate surface area is 129 Å². The predicted molar refractivity (Wildman–Crippen MR) is 81.2 cm³/mol. The number of rotatable bonds is 11. The normalized spacial score (nSPS) is 12.5. The summed E-state index contributed by atoms with van der Waals surface area (Å²) in [5.41, 5.74) is 10.8. The van der Waals surface area contributed by atoms with E-state index in [1.54, 1.807) is 6.92 Å². The summed E-state index contributed by atoms with van der Waals surface area (Å²) in [5, 5.41) is 16.6. The number of nitrogens with zero attached hydrogens (tertiary/aromatic N) is 1. The van der Waals surface area contributed by atoms with Gasteiger partial charge in [0, 0.05) is 13.0 Å². The van der Waals surface area contributed by atoms with Crippen LogP contribution in [0.2, 0.25) is 0 Å². The van der Waals surface area contributed by atoms with Crippen molar-refractivity contribution in [2.24, 2.45) is 16.6 Å². The zero-order valence-corrected chi connectivity index (χ0v) is 12.8. The summed E-state index contributed by atoms with van der Waals surface area (Å²) in [6.07, 6.45) is 2.33. The van der Waals surface area contributed by atoms with Crippen molar-refractivity contribution in [3.05, 3.63) is 0 Å². The number of hydrogen-bond acceptors (Lipinski definition) is 6. The Hall–Kier alpha value is -2.16. The van der Waals surface area contributed by atoms with Crippen molar-refractivity contribution >= 4 is 23.4 Å². The van der Waals surface area contributed by atoms with Gasteiger partial charge < -0.3 is 27.3 Å². The molecule has 3 amide bonds. The van der Waals surface area contributed by atoms with Crippen LogP contribution in [0.5, 0.6) is 0 Å². The van der Waals surface area contributed by atoms with Crippen LogP contribution in [-0.2, 0) is 14.4 Å². The van der Waals surface area contributed by atoms with E-state index in [1.165, 1.54) is 0 Å². The summed E-state index contributed by atoms with van der Waals surface area (Å²) in [5.74, 6) is -1.17. The lowest BCUT2D eigenvalue weighted by Gasteiger charge is -2.14. The average molecular weight is 315 g/mol. The third-order valence-electron chi connectivity index (χ3n) is 2.99. The van der Waals surface area contributed by atoms with Crippen molar-refractivity contribution in [1.29, 1.82) is 0 Å². The minimum absolute atomic E-state index is 0.133. The van der Waals surface area contributed by atoms with Gasteiger partial charge in [-0.3, -0.25) is 14.4 Å². The number of nitrogens with one attached hydrogen (secondary N) is 2. The lowest BCUT2D eigenvalue weighted by atomic mass is 10.1. The fourth-order valence-electron chi connectivity index (χ4n) is 1.67. The van der Waals surface area contributed by atoms with Gasteiger partial charge in [0.1, 0.15) is 6.04 Å². The molecule has 0 aromatic carbocycles. The van der Waals surface area contributed by atoms with Gasteiger partial charge in [0.2, 0.25) is 17.7 Å². The molecule has 22 heavy (non-hydrogen) atoms. The molecule has 126 valence electrons. The Morgan fingerprint density at radius 2 is 1.86 bits per heavy atom. The van der Waals surface area contributed by atoms with Gasteiger partial charge >= 0.3 is 0 Å². The van der Waals surface area contributed by atoms with Gasteiger partial charge in [-0.2, -0.15) is 0 Å². The fraction of sp³-hybridized carbons (Fsp3) is 0.692. The summed E-state index contributed by atoms with van der Waals surface area (Å²) < 4.78 is 0. The van der Waals surface area contributed by atoms with Crippen LogP contribution in [0.25, 0.3) is 0 Å². The highest BCUT2D eigenvalue weighted by molar-refractivity contribution is 5.87. The first-order valence-corrected chi connectivity index (χ1v) is 7.13. The maximum atomic E-state index is 11.5. The number of primary amides is 1. The number of nitrogens with two attached hydrogens (primary N) is 2. The van der Waals surface area contributed by atoms with Crippen molar-refractivity contribution in [2.45, 2.75) is 45.1 Å². The Morgan fingerprint density at radius 1 is 1.18 bits per heavy atom. The number of carbonyl (C=O) groups excluding carboxylic acids is 3. The Morgan fingerprint density at radius 3 is 2.41 bits per heavy atom. The van der Waals surface area contributed by atoms with Gasteiger partial charge in [-0.15, -0.1) is 0 Å². The van der Waals surface area contributed by atoms with Crippen LogP contribution in [0.4, 0.5) is 0 Å². The van der Waals surface area contributed by atoms with Crippen molar-refractivity contribution < 1.29 is 19.6 Å². The molecule has 0 aliphatic heterocycles. The maximum Gasteiger partial charge on any atom is 0.240 e. The van der Waals surface area contributed by atoms with Crippen molar-refractivity contribution in [3.8, 4) is 0 Å². The third kappa shape index (κ3) is 9.70. The highest BCUT2D eigenvalue weighted by Crippen LogP contribution is 2.01. The molecule has 0 fully saturated rings. The first-order valence-electron chi connectivity index (χ1n) is 7.13. The Kier molecular flexibility index (Phi) is 10.4. The van der Waals surface area contributed by atoms with Crippen molar-refractivity contribution in [3.63, 3.8) is 0 Å². The summed E-state index contributed by atoms with van der Waals surface area (Å²) in [4.78, 5) is 33.8. The summed E-state index contributed by atoms with van der Waals surface area (Å²) in [6, 6.07) is -0.741.